The zero-order valence-corrected chi connectivity index (χ0v) is 27.7. The van der Waals surface area contributed by atoms with Gasteiger partial charge in [-0.2, -0.15) is 8.78 Å². The second-order valence-corrected chi connectivity index (χ2v) is 14.4. The minimum Gasteiger partial charge on any atom is -0.497 e. The van der Waals surface area contributed by atoms with Crippen molar-refractivity contribution in [3.05, 3.63) is 23.9 Å². The monoisotopic (exact) mass is 656 g/mol. The van der Waals surface area contributed by atoms with Crippen LogP contribution in [0.4, 0.5) is 13.6 Å². The fraction of sp³-hybridized carbons (Fsp3) is 0.686. The van der Waals surface area contributed by atoms with Crippen molar-refractivity contribution in [1.82, 2.24) is 20.2 Å². The summed E-state index contributed by atoms with van der Waals surface area (Å²) >= 11 is 0. The SMILES string of the molecule is CC[C@@H]1[C@@H]2CN(C(=O)[C@H](C3(C)CCCCC3)NC(=O)O[C@]3(C)C[C@H]3CCCCC(F)(F)c3nc4ccc(OC)cc4nc3O2)[C@@H]1C=O. The molecule has 2 aromatic rings. The van der Waals surface area contributed by atoms with Crippen molar-refractivity contribution in [2.24, 2.45) is 17.3 Å². The number of alkyl halides is 2. The van der Waals surface area contributed by atoms with Crippen LogP contribution in [0.5, 0.6) is 11.6 Å². The number of rotatable bonds is 4. The standard InChI is InChI=1S/C35H46F2N4O6/c1-5-23-26(20-42)41-19-27(23)46-30-28(38-24-13-12-22(45-4)17-25(24)39-30)35(36,37)16-10-7-11-21-18-34(21,3)47-32(44)40-29(31(41)43)33(2)14-8-6-9-15-33/h12-13,17,20-21,23,26-27,29H,5-11,14-16,18-19H2,1-4H3,(H,40,44)/t21-,23+,26-,27+,29-,34-/m1/s1. The Hall–Kier alpha value is -3.57. The molecule has 0 spiro atoms. The van der Waals surface area contributed by atoms with Crippen LogP contribution in [0.2, 0.25) is 0 Å². The van der Waals surface area contributed by atoms with E-state index in [-0.39, 0.29) is 30.3 Å². The normalized spacial score (nSPS) is 32.5. The van der Waals surface area contributed by atoms with Crippen LogP contribution in [0.25, 0.3) is 11.0 Å². The number of hydrogen-bond acceptors (Lipinski definition) is 8. The van der Waals surface area contributed by atoms with Gasteiger partial charge in [0.05, 0.1) is 30.7 Å². The number of fused-ring (bicyclic) bond motifs is 5. The molecule has 1 aromatic carbocycles. The predicted octanol–water partition coefficient (Wildman–Crippen LogP) is 6.33. The van der Waals surface area contributed by atoms with Gasteiger partial charge < -0.3 is 29.2 Å². The molecule has 3 fully saturated rings. The molecule has 3 heterocycles. The Bertz CT molecular complexity index is 1520. The van der Waals surface area contributed by atoms with Crippen LogP contribution < -0.4 is 14.8 Å². The third-order valence-electron chi connectivity index (χ3n) is 11.2. The molecule has 0 radical (unpaired) electrons. The molecule has 4 aliphatic rings. The Labute approximate surface area is 274 Å². The fourth-order valence-electron chi connectivity index (χ4n) is 8.08. The van der Waals surface area contributed by atoms with Crippen molar-refractivity contribution in [2.45, 2.75) is 121 Å². The molecule has 6 atom stereocenters. The van der Waals surface area contributed by atoms with Gasteiger partial charge in [-0.05, 0) is 63.0 Å². The molecule has 2 aliphatic carbocycles. The fourth-order valence-corrected chi connectivity index (χ4v) is 8.08. The zero-order chi connectivity index (χ0) is 33.6. The van der Waals surface area contributed by atoms with Gasteiger partial charge in [0.2, 0.25) is 11.8 Å². The summed E-state index contributed by atoms with van der Waals surface area (Å²) in [5, 5.41) is 2.94. The summed E-state index contributed by atoms with van der Waals surface area (Å²) in [5.41, 5.74) is -1.22. The molecule has 1 N–H and O–H groups in total. The van der Waals surface area contributed by atoms with Crippen molar-refractivity contribution in [2.75, 3.05) is 13.7 Å². The highest BCUT2D eigenvalue weighted by atomic mass is 19.3. The van der Waals surface area contributed by atoms with E-state index in [9.17, 15) is 14.4 Å². The van der Waals surface area contributed by atoms with Gasteiger partial charge in [-0.25, -0.2) is 14.8 Å². The van der Waals surface area contributed by atoms with Gasteiger partial charge in [-0.1, -0.05) is 39.5 Å². The second kappa shape index (κ2) is 12.8. The summed E-state index contributed by atoms with van der Waals surface area (Å²) in [6.07, 6.45) is 5.55. The second-order valence-electron chi connectivity index (χ2n) is 14.4. The van der Waals surface area contributed by atoms with E-state index >= 15 is 8.78 Å². The molecule has 2 aliphatic heterocycles. The maximum absolute atomic E-state index is 16.1. The first-order chi connectivity index (χ1) is 22.4. The largest absolute Gasteiger partial charge is 0.497 e. The van der Waals surface area contributed by atoms with Crippen molar-refractivity contribution < 1.29 is 37.4 Å². The Morgan fingerprint density at radius 1 is 1.06 bits per heavy atom. The van der Waals surface area contributed by atoms with E-state index in [4.69, 9.17) is 14.2 Å². The molecule has 2 saturated carbocycles. The topological polar surface area (TPSA) is 120 Å². The van der Waals surface area contributed by atoms with Crippen LogP contribution in [-0.2, 0) is 20.2 Å². The average molecular weight is 657 g/mol. The van der Waals surface area contributed by atoms with Gasteiger partial charge in [0.25, 0.3) is 5.92 Å². The Morgan fingerprint density at radius 3 is 2.51 bits per heavy atom. The number of carbonyl (C=O) groups excluding carboxylic acids is 3. The summed E-state index contributed by atoms with van der Waals surface area (Å²) in [7, 11) is 1.50. The highest BCUT2D eigenvalue weighted by molar-refractivity contribution is 5.89. The van der Waals surface area contributed by atoms with Crippen molar-refractivity contribution in [3.8, 4) is 11.6 Å². The van der Waals surface area contributed by atoms with Crippen molar-refractivity contribution in [3.63, 3.8) is 0 Å². The van der Waals surface area contributed by atoms with Crippen LogP contribution in [0.3, 0.4) is 0 Å². The maximum Gasteiger partial charge on any atom is 0.408 e. The molecule has 10 nitrogen and oxygen atoms in total. The van der Waals surface area contributed by atoms with Crippen LogP contribution in [-0.4, -0.2) is 70.6 Å². The van der Waals surface area contributed by atoms with Crippen LogP contribution in [0.1, 0.15) is 97.1 Å². The molecule has 6 rings (SSSR count). The van der Waals surface area contributed by atoms with E-state index in [1.807, 2.05) is 20.8 Å². The molecular formula is C35H46F2N4O6. The number of carbonyl (C=O) groups is 3. The van der Waals surface area contributed by atoms with E-state index in [0.29, 0.717) is 36.9 Å². The quantitative estimate of drug-likeness (QED) is 0.379. The van der Waals surface area contributed by atoms with E-state index in [1.54, 1.807) is 18.2 Å². The molecule has 12 heteroatoms. The maximum atomic E-state index is 16.1. The van der Waals surface area contributed by atoms with Crippen LogP contribution in [0, 0.1) is 17.3 Å². The first kappa shape index (κ1) is 33.3. The number of methoxy groups -OCH3 is 1. The van der Waals surface area contributed by atoms with Gasteiger partial charge in [0.1, 0.15) is 29.8 Å². The molecule has 47 heavy (non-hydrogen) atoms. The lowest BCUT2D eigenvalue weighted by Gasteiger charge is -2.42. The first-order valence-electron chi connectivity index (χ1n) is 17.1. The third-order valence-corrected chi connectivity index (χ3v) is 11.2. The van der Waals surface area contributed by atoms with Gasteiger partial charge >= 0.3 is 6.09 Å². The molecular weight excluding hydrogens is 610 g/mol. The molecule has 1 aromatic heterocycles. The summed E-state index contributed by atoms with van der Waals surface area (Å²) in [6.45, 7) is 5.70. The number of aromatic nitrogens is 2. The Balaban J connectivity index is 1.42. The van der Waals surface area contributed by atoms with E-state index in [0.717, 1.165) is 38.4 Å². The number of ether oxygens (including phenoxy) is 3. The summed E-state index contributed by atoms with van der Waals surface area (Å²) in [4.78, 5) is 50.9. The van der Waals surface area contributed by atoms with Crippen molar-refractivity contribution in [1.29, 1.82) is 0 Å². The van der Waals surface area contributed by atoms with Gasteiger partial charge in [0, 0.05) is 24.3 Å². The molecule has 2 bridgehead atoms. The molecule has 2 amide bonds. The summed E-state index contributed by atoms with van der Waals surface area (Å²) in [5.74, 6) is -4.03. The van der Waals surface area contributed by atoms with Gasteiger partial charge in [-0.15, -0.1) is 0 Å². The number of benzene rings is 1. The zero-order valence-electron chi connectivity index (χ0n) is 27.7. The summed E-state index contributed by atoms with van der Waals surface area (Å²) < 4.78 is 49.7. The van der Waals surface area contributed by atoms with Crippen LogP contribution in [0.15, 0.2) is 18.2 Å². The molecule has 1 saturated heterocycles. The smallest absolute Gasteiger partial charge is 0.408 e. The lowest BCUT2D eigenvalue weighted by atomic mass is 9.70. The van der Waals surface area contributed by atoms with E-state index in [2.05, 4.69) is 15.3 Å². The average Bonchev–Trinajstić information content (AvgIpc) is 3.54. The number of halogens is 2. The minimum atomic E-state index is -3.36. The third kappa shape index (κ3) is 6.48. The number of aldehydes is 1. The van der Waals surface area contributed by atoms with E-state index < -0.39 is 65.2 Å². The number of hydrogen-bond donors (Lipinski definition) is 1. The molecule has 0 unspecified atom stereocenters. The van der Waals surface area contributed by atoms with Crippen LogP contribution >= 0.6 is 0 Å². The lowest BCUT2D eigenvalue weighted by Crippen LogP contribution is -2.58. The number of nitrogens with one attached hydrogen (secondary N) is 1. The lowest BCUT2D eigenvalue weighted by molar-refractivity contribution is -0.140. The predicted molar refractivity (Wildman–Crippen MR) is 169 cm³/mol. The van der Waals surface area contributed by atoms with E-state index in [1.165, 1.54) is 12.0 Å². The van der Waals surface area contributed by atoms with Gasteiger partial charge in [-0.3, -0.25) is 4.79 Å². The minimum absolute atomic E-state index is 0.0350. The summed E-state index contributed by atoms with van der Waals surface area (Å²) in [6, 6.07) is 3.03. The number of nitrogens with zero attached hydrogens (tertiary/aromatic N) is 3. The Kier molecular flexibility index (Phi) is 9.08. The first-order valence-corrected chi connectivity index (χ1v) is 17.1. The highest BCUT2D eigenvalue weighted by Crippen LogP contribution is 2.50. The number of alkyl carbamates (subject to hydrolysis) is 1. The van der Waals surface area contributed by atoms with Gasteiger partial charge in [0.15, 0.2) is 5.69 Å². The highest BCUT2D eigenvalue weighted by Gasteiger charge is 2.55. The number of amides is 2. The van der Waals surface area contributed by atoms with Crippen molar-refractivity contribution >= 4 is 29.3 Å². The Morgan fingerprint density at radius 2 is 1.81 bits per heavy atom. The molecule has 256 valence electrons.